The number of thiazole rings is 1. The topological polar surface area (TPSA) is 66.6 Å². The van der Waals surface area contributed by atoms with Gasteiger partial charge >= 0.3 is 0 Å². The van der Waals surface area contributed by atoms with Gasteiger partial charge in [0.1, 0.15) is 0 Å². The number of halogens is 1. The molecule has 0 fully saturated rings. The van der Waals surface area contributed by atoms with Crippen LogP contribution in [0.4, 0.5) is 5.69 Å². The number of hydrogen-bond acceptors (Lipinski definition) is 4. The van der Waals surface area contributed by atoms with Crippen molar-refractivity contribution in [2.75, 3.05) is 11.9 Å². The molecule has 0 spiro atoms. The number of imidazole rings is 1. The van der Waals surface area contributed by atoms with Crippen molar-refractivity contribution < 1.29 is 9.90 Å². The molecule has 1 aromatic carbocycles. The van der Waals surface area contributed by atoms with E-state index >= 15 is 0 Å². The summed E-state index contributed by atoms with van der Waals surface area (Å²) in [6.07, 6.45) is 5.53. The molecule has 0 saturated carbocycles. The van der Waals surface area contributed by atoms with Crippen molar-refractivity contribution in [3.05, 3.63) is 58.3 Å². The lowest BCUT2D eigenvalue weighted by Gasteiger charge is -2.03. The minimum absolute atomic E-state index is 0.109. The van der Waals surface area contributed by atoms with Gasteiger partial charge in [-0.3, -0.25) is 9.20 Å². The van der Waals surface area contributed by atoms with Gasteiger partial charge in [0.15, 0.2) is 10.1 Å². The zero-order chi connectivity index (χ0) is 16.2. The lowest BCUT2D eigenvalue weighted by Crippen LogP contribution is -2.07. The number of benzene rings is 1. The average molecular weight is 348 g/mol. The Hall–Kier alpha value is -2.15. The molecule has 0 aliphatic heterocycles. The third kappa shape index (κ3) is 3.61. The molecule has 0 aliphatic carbocycles. The third-order valence-corrected chi connectivity index (χ3v) is 4.30. The molecular weight excluding hydrogens is 334 g/mol. The summed E-state index contributed by atoms with van der Waals surface area (Å²) in [5.74, 6) is -0.249. The summed E-state index contributed by atoms with van der Waals surface area (Å²) in [7, 11) is 0. The van der Waals surface area contributed by atoms with E-state index in [4.69, 9.17) is 16.7 Å². The van der Waals surface area contributed by atoms with E-state index in [-0.39, 0.29) is 12.5 Å². The molecule has 3 rings (SSSR count). The number of nitrogens with zero attached hydrogens (tertiary/aromatic N) is 2. The van der Waals surface area contributed by atoms with E-state index < -0.39 is 0 Å². The Balaban J connectivity index is 1.69. The van der Waals surface area contributed by atoms with Crippen molar-refractivity contribution in [2.24, 2.45) is 0 Å². The molecule has 2 N–H and O–H groups in total. The van der Waals surface area contributed by atoms with E-state index in [0.29, 0.717) is 23.0 Å². The summed E-state index contributed by atoms with van der Waals surface area (Å²) < 4.78 is 1.83. The van der Waals surface area contributed by atoms with Crippen molar-refractivity contribution in [2.45, 2.75) is 6.42 Å². The van der Waals surface area contributed by atoms with Crippen LogP contribution >= 0.6 is 22.9 Å². The van der Waals surface area contributed by atoms with Crippen molar-refractivity contribution in [1.82, 2.24) is 9.38 Å². The van der Waals surface area contributed by atoms with Gasteiger partial charge in [0.05, 0.1) is 5.69 Å². The Labute approximate surface area is 141 Å². The highest BCUT2D eigenvalue weighted by Gasteiger charge is 2.08. The summed E-state index contributed by atoms with van der Waals surface area (Å²) >= 11 is 7.55. The van der Waals surface area contributed by atoms with Crippen LogP contribution in [0.1, 0.15) is 11.3 Å². The van der Waals surface area contributed by atoms with Gasteiger partial charge in [-0.25, -0.2) is 4.98 Å². The first-order chi connectivity index (χ1) is 11.2. The molecule has 7 heteroatoms. The van der Waals surface area contributed by atoms with Crippen LogP contribution in [-0.2, 0) is 11.2 Å². The van der Waals surface area contributed by atoms with Gasteiger partial charge in [-0.2, -0.15) is 0 Å². The van der Waals surface area contributed by atoms with Crippen LogP contribution in [-0.4, -0.2) is 27.0 Å². The maximum Gasteiger partial charge on any atom is 0.248 e. The standard InChI is InChI=1S/C16H14ClN3O2S/c17-15-13(20-8-10-23-16(20)19-15)5-6-14(22)18-12-3-1-11(2-4-12)7-9-21/h1-6,8,10,21H,7,9H2,(H,18,22). The zero-order valence-electron chi connectivity index (χ0n) is 12.1. The van der Waals surface area contributed by atoms with E-state index in [0.717, 1.165) is 10.5 Å². The molecule has 0 bridgehead atoms. The van der Waals surface area contributed by atoms with E-state index in [1.54, 1.807) is 18.2 Å². The number of carbonyl (C=O) groups excluding carboxylic acids is 1. The molecule has 5 nitrogen and oxygen atoms in total. The van der Waals surface area contributed by atoms with Crippen LogP contribution in [0.25, 0.3) is 11.0 Å². The predicted molar refractivity (Wildman–Crippen MR) is 93.0 cm³/mol. The quantitative estimate of drug-likeness (QED) is 0.696. The Kier molecular flexibility index (Phi) is 4.76. The minimum atomic E-state index is -0.249. The largest absolute Gasteiger partial charge is 0.396 e. The number of nitrogens with one attached hydrogen (secondary N) is 1. The molecule has 2 heterocycles. The molecule has 1 amide bonds. The Morgan fingerprint density at radius 3 is 2.91 bits per heavy atom. The van der Waals surface area contributed by atoms with Crippen molar-refractivity contribution in [1.29, 1.82) is 0 Å². The second-order valence-corrected chi connectivity index (χ2v) is 6.07. The number of amides is 1. The average Bonchev–Trinajstić information content (AvgIpc) is 3.08. The van der Waals surface area contributed by atoms with Gasteiger partial charge in [-0.1, -0.05) is 23.7 Å². The van der Waals surface area contributed by atoms with Crippen LogP contribution in [0.5, 0.6) is 0 Å². The van der Waals surface area contributed by atoms with Crippen LogP contribution in [0.15, 0.2) is 41.9 Å². The smallest absolute Gasteiger partial charge is 0.248 e. The number of fused-ring (bicyclic) bond motifs is 1. The maximum atomic E-state index is 12.0. The molecule has 118 valence electrons. The monoisotopic (exact) mass is 347 g/mol. The fraction of sp³-hybridized carbons (Fsp3) is 0.125. The fourth-order valence-electron chi connectivity index (χ4n) is 2.15. The van der Waals surface area contributed by atoms with Gasteiger partial charge in [-0.15, -0.1) is 11.3 Å². The highest BCUT2D eigenvalue weighted by molar-refractivity contribution is 7.15. The van der Waals surface area contributed by atoms with Crippen molar-refractivity contribution in [3.63, 3.8) is 0 Å². The number of aliphatic hydroxyl groups is 1. The fourth-order valence-corrected chi connectivity index (χ4v) is 3.15. The summed E-state index contributed by atoms with van der Waals surface area (Å²) in [6, 6.07) is 7.36. The van der Waals surface area contributed by atoms with Gasteiger partial charge in [0.25, 0.3) is 0 Å². The zero-order valence-corrected chi connectivity index (χ0v) is 13.6. The molecule has 0 radical (unpaired) electrons. The van der Waals surface area contributed by atoms with Gasteiger partial charge in [0, 0.05) is 29.9 Å². The Morgan fingerprint density at radius 2 is 2.17 bits per heavy atom. The first-order valence-electron chi connectivity index (χ1n) is 6.97. The number of rotatable bonds is 5. The summed E-state index contributed by atoms with van der Waals surface area (Å²) in [5.41, 5.74) is 2.39. The second-order valence-electron chi connectivity index (χ2n) is 4.84. The Morgan fingerprint density at radius 1 is 1.39 bits per heavy atom. The number of hydrogen-bond donors (Lipinski definition) is 2. The molecule has 2 aromatic heterocycles. The maximum absolute atomic E-state index is 12.0. The molecular formula is C16H14ClN3O2S. The summed E-state index contributed by atoms with van der Waals surface area (Å²) in [5, 5.41) is 13.9. The van der Waals surface area contributed by atoms with E-state index in [9.17, 15) is 4.79 Å². The SMILES string of the molecule is O=C(C=Cc1c(Cl)nc2sccn12)Nc1ccc(CCO)cc1. The number of carbonyl (C=O) groups is 1. The van der Waals surface area contributed by atoms with E-state index in [2.05, 4.69) is 10.3 Å². The minimum Gasteiger partial charge on any atom is -0.396 e. The summed E-state index contributed by atoms with van der Waals surface area (Å²) in [6.45, 7) is 0.109. The molecule has 23 heavy (non-hydrogen) atoms. The molecule has 0 saturated heterocycles. The number of anilines is 1. The van der Waals surface area contributed by atoms with Crippen LogP contribution in [0, 0.1) is 0 Å². The van der Waals surface area contributed by atoms with E-state index in [1.165, 1.54) is 17.4 Å². The van der Waals surface area contributed by atoms with Crippen LogP contribution in [0.2, 0.25) is 5.15 Å². The second kappa shape index (κ2) is 6.95. The lowest BCUT2D eigenvalue weighted by atomic mass is 10.1. The molecule has 0 aliphatic rings. The number of aliphatic hydroxyl groups excluding tert-OH is 1. The normalized spacial score (nSPS) is 11.4. The van der Waals surface area contributed by atoms with Crippen molar-refractivity contribution >= 4 is 45.6 Å². The van der Waals surface area contributed by atoms with Gasteiger partial charge in [0.2, 0.25) is 5.91 Å². The van der Waals surface area contributed by atoms with E-state index in [1.807, 2.05) is 28.1 Å². The van der Waals surface area contributed by atoms with Gasteiger partial charge < -0.3 is 10.4 Å². The molecule has 0 atom stereocenters. The van der Waals surface area contributed by atoms with Crippen molar-refractivity contribution in [3.8, 4) is 0 Å². The number of aromatic nitrogens is 2. The predicted octanol–water partition coefficient (Wildman–Crippen LogP) is 3.24. The third-order valence-electron chi connectivity index (χ3n) is 3.27. The van der Waals surface area contributed by atoms with Gasteiger partial charge in [-0.05, 0) is 30.2 Å². The molecule has 0 unspecified atom stereocenters. The molecule has 3 aromatic rings. The highest BCUT2D eigenvalue weighted by atomic mass is 35.5. The Bertz CT molecular complexity index is 852. The first kappa shape index (κ1) is 15.7. The first-order valence-corrected chi connectivity index (χ1v) is 8.23. The van der Waals surface area contributed by atoms with Crippen LogP contribution < -0.4 is 5.32 Å². The summed E-state index contributed by atoms with van der Waals surface area (Å²) in [4.78, 5) is 17.0. The lowest BCUT2D eigenvalue weighted by molar-refractivity contribution is -0.111. The van der Waals surface area contributed by atoms with Crippen LogP contribution in [0.3, 0.4) is 0 Å². The highest BCUT2D eigenvalue weighted by Crippen LogP contribution is 2.22.